The van der Waals surface area contributed by atoms with Crippen LogP contribution in [0.25, 0.3) is 0 Å². The van der Waals surface area contributed by atoms with Crippen molar-refractivity contribution in [3.8, 4) is 0 Å². The molecule has 1 aromatic rings. The summed E-state index contributed by atoms with van der Waals surface area (Å²) >= 11 is 0. The van der Waals surface area contributed by atoms with Gasteiger partial charge in [0.25, 0.3) is 0 Å². The molecule has 4 heteroatoms. The van der Waals surface area contributed by atoms with Crippen molar-refractivity contribution in [2.75, 3.05) is 22.7 Å². The molecule has 2 aliphatic heterocycles. The second-order valence-corrected chi connectivity index (χ2v) is 5.96. The lowest BCUT2D eigenvalue weighted by molar-refractivity contribution is 0.659. The zero-order chi connectivity index (χ0) is 11.1. The molecule has 16 heavy (non-hydrogen) atoms. The minimum atomic E-state index is -0.905. The molecule has 2 aliphatic rings. The monoisotopic (exact) mass is 236 g/mol. The molecule has 86 valence electrons. The standard InChI is InChI=1S/C12H16N2OS/c1-9-4-5-14(7-9)11-2-3-12-10(6-11)8-16(15)13-12/h2-3,6,9,13H,4-5,7-8H2,1H3. The number of hydrogen-bond acceptors (Lipinski definition) is 2. The van der Waals surface area contributed by atoms with Gasteiger partial charge in [0, 0.05) is 18.8 Å². The van der Waals surface area contributed by atoms with E-state index < -0.39 is 11.0 Å². The van der Waals surface area contributed by atoms with E-state index in [1.807, 2.05) is 0 Å². The molecule has 2 unspecified atom stereocenters. The van der Waals surface area contributed by atoms with Crippen molar-refractivity contribution in [2.45, 2.75) is 19.1 Å². The molecule has 3 rings (SSSR count). The third kappa shape index (κ3) is 1.71. The third-order valence-corrected chi connectivity index (χ3v) is 4.41. The van der Waals surface area contributed by atoms with Crippen LogP contribution in [0.4, 0.5) is 11.4 Å². The van der Waals surface area contributed by atoms with Crippen molar-refractivity contribution in [1.82, 2.24) is 0 Å². The van der Waals surface area contributed by atoms with Crippen molar-refractivity contribution in [3.63, 3.8) is 0 Å². The predicted molar refractivity (Wildman–Crippen MR) is 67.9 cm³/mol. The first kappa shape index (κ1) is 10.1. The summed E-state index contributed by atoms with van der Waals surface area (Å²) < 4.78 is 14.3. The van der Waals surface area contributed by atoms with E-state index in [9.17, 15) is 4.21 Å². The van der Waals surface area contributed by atoms with Crippen molar-refractivity contribution in [1.29, 1.82) is 0 Å². The molecule has 2 heterocycles. The first-order valence-electron chi connectivity index (χ1n) is 5.75. The summed E-state index contributed by atoms with van der Waals surface area (Å²) in [6.07, 6.45) is 1.28. The number of nitrogens with one attached hydrogen (secondary N) is 1. The molecule has 0 aromatic heterocycles. The molecule has 0 aliphatic carbocycles. The van der Waals surface area contributed by atoms with E-state index in [1.54, 1.807) is 0 Å². The Kier molecular flexibility index (Phi) is 2.39. The lowest BCUT2D eigenvalue weighted by Crippen LogP contribution is -2.18. The molecule has 0 spiro atoms. The summed E-state index contributed by atoms with van der Waals surface area (Å²) in [6.45, 7) is 4.59. The lowest BCUT2D eigenvalue weighted by atomic mass is 10.1. The maximum atomic E-state index is 11.4. The van der Waals surface area contributed by atoms with Gasteiger partial charge in [-0.05, 0) is 36.1 Å². The SMILES string of the molecule is CC1CCN(c2ccc3c(c2)CS(=O)N3)C1. The highest BCUT2D eigenvalue weighted by atomic mass is 32.2. The van der Waals surface area contributed by atoms with E-state index >= 15 is 0 Å². The molecule has 0 radical (unpaired) electrons. The van der Waals surface area contributed by atoms with E-state index in [4.69, 9.17) is 0 Å². The Morgan fingerprint density at radius 1 is 1.50 bits per heavy atom. The number of hydrogen-bond donors (Lipinski definition) is 1. The first-order valence-corrected chi connectivity index (χ1v) is 7.07. The van der Waals surface area contributed by atoms with Crippen LogP contribution < -0.4 is 9.62 Å². The van der Waals surface area contributed by atoms with Crippen LogP contribution in [0, 0.1) is 5.92 Å². The first-order chi connectivity index (χ1) is 7.72. The van der Waals surface area contributed by atoms with Gasteiger partial charge < -0.3 is 9.62 Å². The minimum absolute atomic E-state index is 0.645. The smallest absolute Gasteiger partial charge is 0.121 e. The molecule has 0 saturated carbocycles. The van der Waals surface area contributed by atoms with Crippen molar-refractivity contribution >= 4 is 22.4 Å². The Morgan fingerprint density at radius 3 is 3.12 bits per heavy atom. The molecule has 0 bridgehead atoms. The van der Waals surface area contributed by atoms with Gasteiger partial charge in [-0.25, -0.2) is 4.21 Å². The summed E-state index contributed by atoms with van der Waals surface area (Å²) in [6, 6.07) is 6.37. The van der Waals surface area contributed by atoms with Crippen molar-refractivity contribution in [3.05, 3.63) is 23.8 Å². The average Bonchev–Trinajstić information content (AvgIpc) is 2.81. The predicted octanol–water partition coefficient (Wildman–Crippen LogP) is 2.12. The number of benzene rings is 1. The molecule has 1 aromatic carbocycles. The summed E-state index contributed by atoms with van der Waals surface area (Å²) in [5.41, 5.74) is 3.51. The Bertz CT molecular complexity index is 447. The molecule has 1 fully saturated rings. The Balaban J connectivity index is 1.87. The van der Waals surface area contributed by atoms with Crippen LogP contribution in [0.5, 0.6) is 0 Å². The number of rotatable bonds is 1. The van der Waals surface area contributed by atoms with Gasteiger partial charge in [-0.2, -0.15) is 0 Å². The van der Waals surface area contributed by atoms with Crippen LogP contribution in [0.2, 0.25) is 0 Å². The van der Waals surface area contributed by atoms with Crippen LogP contribution >= 0.6 is 0 Å². The largest absolute Gasteiger partial charge is 0.371 e. The molecular weight excluding hydrogens is 220 g/mol. The highest BCUT2D eigenvalue weighted by molar-refractivity contribution is 7.86. The molecule has 0 amide bonds. The summed E-state index contributed by atoms with van der Waals surface area (Å²) in [7, 11) is -0.905. The van der Waals surface area contributed by atoms with Gasteiger partial charge in [-0.1, -0.05) is 6.92 Å². The molecular formula is C12H16N2OS. The Morgan fingerprint density at radius 2 is 2.38 bits per heavy atom. The topological polar surface area (TPSA) is 32.3 Å². The van der Waals surface area contributed by atoms with Gasteiger partial charge >= 0.3 is 0 Å². The van der Waals surface area contributed by atoms with Crippen molar-refractivity contribution < 1.29 is 4.21 Å². The maximum absolute atomic E-state index is 11.4. The fraction of sp³-hybridized carbons (Fsp3) is 0.500. The zero-order valence-electron chi connectivity index (χ0n) is 9.40. The quantitative estimate of drug-likeness (QED) is 0.810. The van der Waals surface area contributed by atoms with Gasteiger partial charge in [-0.15, -0.1) is 0 Å². The van der Waals surface area contributed by atoms with Gasteiger partial charge in [-0.3, -0.25) is 0 Å². The van der Waals surface area contributed by atoms with E-state index in [2.05, 4.69) is 34.7 Å². The van der Waals surface area contributed by atoms with E-state index in [1.165, 1.54) is 17.7 Å². The van der Waals surface area contributed by atoms with E-state index in [0.29, 0.717) is 5.75 Å². The van der Waals surface area contributed by atoms with Gasteiger partial charge in [0.1, 0.15) is 11.0 Å². The number of anilines is 2. The van der Waals surface area contributed by atoms with Crippen LogP contribution in [-0.2, 0) is 16.7 Å². The number of fused-ring (bicyclic) bond motifs is 1. The fourth-order valence-corrected chi connectivity index (χ4v) is 3.50. The highest BCUT2D eigenvalue weighted by Crippen LogP contribution is 2.31. The van der Waals surface area contributed by atoms with Crippen LogP contribution in [-0.4, -0.2) is 17.3 Å². The average molecular weight is 236 g/mol. The lowest BCUT2D eigenvalue weighted by Gasteiger charge is -2.18. The summed E-state index contributed by atoms with van der Waals surface area (Å²) in [5.74, 6) is 1.44. The molecule has 3 nitrogen and oxygen atoms in total. The summed E-state index contributed by atoms with van der Waals surface area (Å²) in [4.78, 5) is 2.42. The minimum Gasteiger partial charge on any atom is -0.371 e. The van der Waals surface area contributed by atoms with Gasteiger partial charge in [0.15, 0.2) is 0 Å². The van der Waals surface area contributed by atoms with Gasteiger partial charge in [0.05, 0.1) is 11.4 Å². The van der Waals surface area contributed by atoms with Crippen LogP contribution in [0.3, 0.4) is 0 Å². The van der Waals surface area contributed by atoms with Crippen LogP contribution in [0.15, 0.2) is 18.2 Å². The highest BCUT2D eigenvalue weighted by Gasteiger charge is 2.22. The molecule has 1 N–H and O–H groups in total. The fourth-order valence-electron chi connectivity index (χ4n) is 2.47. The van der Waals surface area contributed by atoms with Gasteiger partial charge in [0.2, 0.25) is 0 Å². The normalized spacial score (nSPS) is 27.9. The molecule has 2 atom stereocenters. The third-order valence-electron chi connectivity index (χ3n) is 3.39. The number of nitrogens with zero attached hydrogens (tertiary/aromatic N) is 1. The second kappa shape index (κ2) is 3.77. The zero-order valence-corrected chi connectivity index (χ0v) is 10.2. The van der Waals surface area contributed by atoms with Crippen molar-refractivity contribution in [2.24, 2.45) is 5.92 Å². The Hall–Kier alpha value is -1.03. The Labute approximate surface area is 98.4 Å². The van der Waals surface area contributed by atoms with E-state index in [0.717, 1.165) is 24.7 Å². The second-order valence-electron chi connectivity index (χ2n) is 4.77. The molecule has 1 saturated heterocycles. The van der Waals surface area contributed by atoms with Crippen LogP contribution in [0.1, 0.15) is 18.9 Å². The summed E-state index contributed by atoms with van der Waals surface area (Å²) in [5, 5.41) is 0. The van der Waals surface area contributed by atoms with E-state index in [-0.39, 0.29) is 0 Å². The maximum Gasteiger partial charge on any atom is 0.121 e.